The molecule has 0 saturated heterocycles. The predicted molar refractivity (Wildman–Crippen MR) is 89.3 cm³/mol. The molecule has 1 heterocycles. The van der Waals surface area contributed by atoms with Gasteiger partial charge in [0.15, 0.2) is 12.0 Å². The number of phenolic OH excluding ortho intramolecular Hbond substituents is 1. The summed E-state index contributed by atoms with van der Waals surface area (Å²) in [6, 6.07) is 10.8. The van der Waals surface area contributed by atoms with Gasteiger partial charge >= 0.3 is 0 Å². The first kappa shape index (κ1) is 18.0. The summed E-state index contributed by atoms with van der Waals surface area (Å²) in [6.07, 6.45) is 3.26. The monoisotopic (exact) mass is 302 g/mol. The molecule has 0 atom stereocenters. The van der Waals surface area contributed by atoms with Gasteiger partial charge in [-0.2, -0.15) is 0 Å². The van der Waals surface area contributed by atoms with E-state index in [1.165, 1.54) is 11.8 Å². The molecule has 3 nitrogen and oxygen atoms in total. The van der Waals surface area contributed by atoms with E-state index in [4.69, 9.17) is 0 Å². The highest BCUT2D eigenvalue weighted by Crippen LogP contribution is 2.36. The first-order chi connectivity index (χ1) is 10.1. The highest BCUT2D eigenvalue weighted by Gasteiger charge is 2.26. The number of aldehydes is 1. The number of benzene rings is 1. The van der Waals surface area contributed by atoms with E-state index in [-0.39, 0.29) is 5.41 Å². The minimum atomic E-state index is 0.159. The van der Waals surface area contributed by atoms with Crippen LogP contribution >= 0.6 is 0 Å². The van der Waals surface area contributed by atoms with Crippen LogP contribution in [0.1, 0.15) is 57.2 Å². The lowest BCUT2D eigenvalue weighted by atomic mass is 9.72. The van der Waals surface area contributed by atoms with Crippen LogP contribution in [0, 0.1) is 5.41 Å². The van der Waals surface area contributed by atoms with Gasteiger partial charge in [0.25, 0.3) is 0 Å². The van der Waals surface area contributed by atoms with Crippen LogP contribution in [0.15, 0.2) is 47.1 Å². The Kier molecular flexibility index (Phi) is 5.98. The van der Waals surface area contributed by atoms with Crippen LogP contribution in [0.2, 0.25) is 0 Å². The SMILES string of the molecule is CC(C)(C)CC(C)(C)c1ccc(O)cc1.O=Cc1ccco1. The summed E-state index contributed by atoms with van der Waals surface area (Å²) in [4.78, 5) is 9.77. The molecule has 0 unspecified atom stereocenters. The maximum absolute atomic E-state index is 9.77. The number of phenols is 1. The van der Waals surface area contributed by atoms with E-state index in [2.05, 4.69) is 39.0 Å². The van der Waals surface area contributed by atoms with Gasteiger partial charge in [-0.3, -0.25) is 4.79 Å². The van der Waals surface area contributed by atoms with Gasteiger partial charge in [-0.05, 0) is 47.1 Å². The maximum Gasteiger partial charge on any atom is 0.185 e. The molecule has 1 aromatic heterocycles. The second-order valence-electron chi connectivity index (χ2n) is 7.30. The molecule has 0 fully saturated rings. The van der Waals surface area contributed by atoms with Crippen molar-refractivity contribution in [2.75, 3.05) is 0 Å². The van der Waals surface area contributed by atoms with Crippen LogP contribution in [0.3, 0.4) is 0 Å². The molecule has 0 aliphatic rings. The zero-order valence-corrected chi connectivity index (χ0v) is 14.1. The Morgan fingerprint density at radius 2 is 1.64 bits per heavy atom. The second kappa shape index (κ2) is 7.30. The zero-order valence-electron chi connectivity index (χ0n) is 14.1. The molecular weight excluding hydrogens is 276 g/mol. The number of furan rings is 1. The molecule has 0 saturated carbocycles. The van der Waals surface area contributed by atoms with Crippen molar-refractivity contribution in [3.05, 3.63) is 54.0 Å². The molecular formula is C19H26O3. The van der Waals surface area contributed by atoms with E-state index in [9.17, 15) is 9.90 Å². The van der Waals surface area contributed by atoms with Crippen molar-refractivity contribution in [1.29, 1.82) is 0 Å². The van der Waals surface area contributed by atoms with Crippen LogP contribution in [0.5, 0.6) is 5.75 Å². The molecule has 0 bridgehead atoms. The lowest BCUT2D eigenvalue weighted by Gasteiger charge is -2.33. The Hall–Kier alpha value is -2.03. The Morgan fingerprint density at radius 1 is 1.05 bits per heavy atom. The molecule has 2 rings (SSSR count). The van der Waals surface area contributed by atoms with Crippen LogP contribution < -0.4 is 0 Å². The van der Waals surface area contributed by atoms with Crippen molar-refractivity contribution in [2.24, 2.45) is 5.41 Å². The van der Waals surface area contributed by atoms with Crippen LogP contribution in [0.4, 0.5) is 0 Å². The summed E-state index contributed by atoms with van der Waals surface area (Å²) >= 11 is 0. The Labute approximate surface area is 133 Å². The second-order valence-corrected chi connectivity index (χ2v) is 7.30. The fourth-order valence-electron chi connectivity index (χ4n) is 2.70. The summed E-state index contributed by atoms with van der Waals surface area (Å²) in [6.45, 7) is 11.3. The van der Waals surface area contributed by atoms with E-state index < -0.39 is 0 Å². The van der Waals surface area contributed by atoms with E-state index >= 15 is 0 Å². The standard InChI is InChI=1S/C14H22O.C5H4O2/c1-13(2,3)10-14(4,5)11-6-8-12(15)9-7-11;6-4-5-2-1-3-7-5/h6-9,15H,10H2,1-5H3;1-4H. The molecule has 0 aliphatic carbocycles. The molecule has 0 amide bonds. The first-order valence-corrected chi connectivity index (χ1v) is 7.42. The minimum absolute atomic E-state index is 0.159. The number of rotatable bonds is 3. The normalized spacial score (nSPS) is 11.5. The number of carbonyl (C=O) groups excluding carboxylic acids is 1. The highest BCUT2D eigenvalue weighted by atomic mass is 16.3. The zero-order chi connectivity index (χ0) is 16.8. The van der Waals surface area contributed by atoms with Crippen molar-refractivity contribution in [2.45, 2.75) is 46.5 Å². The molecule has 2 aromatic rings. The van der Waals surface area contributed by atoms with E-state index in [1.54, 1.807) is 24.3 Å². The topological polar surface area (TPSA) is 50.4 Å². The third kappa shape index (κ3) is 6.17. The van der Waals surface area contributed by atoms with Gasteiger partial charge in [0, 0.05) is 0 Å². The number of hydrogen-bond acceptors (Lipinski definition) is 3. The molecule has 1 aromatic carbocycles. The van der Waals surface area contributed by atoms with Gasteiger partial charge in [0.2, 0.25) is 0 Å². The summed E-state index contributed by atoms with van der Waals surface area (Å²) in [5.74, 6) is 0.713. The third-order valence-electron chi connectivity index (χ3n) is 3.28. The molecule has 3 heteroatoms. The van der Waals surface area contributed by atoms with E-state index in [0.29, 0.717) is 23.2 Å². The molecule has 1 N–H and O–H groups in total. The van der Waals surface area contributed by atoms with Gasteiger partial charge in [0.05, 0.1) is 6.26 Å². The largest absolute Gasteiger partial charge is 0.508 e. The molecule has 0 aliphatic heterocycles. The van der Waals surface area contributed by atoms with Crippen LogP contribution in [0.25, 0.3) is 0 Å². The summed E-state index contributed by atoms with van der Waals surface area (Å²) < 4.78 is 4.61. The fraction of sp³-hybridized carbons (Fsp3) is 0.421. The van der Waals surface area contributed by atoms with Crippen LogP contribution in [-0.4, -0.2) is 11.4 Å². The van der Waals surface area contributed by atoms with Crippen molar-refractivity contribution in [3.8, 4) is 5.75 Å². The summed E-state index contributed by atoms with van der Waals surface area (Å²) in [7, 11) is 0. The third-order valence-corrected chi connectivity index (χ3v) is 3.28. The van der Waals surface area contributed by atoms with Gasteiger partial charge < -0.3 is 9.52 Å². The minimum Gasteiger partial charge on any atom is -0.508 e. The average molecular weight is 302 g/mol. The molecule has 120 valence electrons. The molecule has 22 heavy (non-hydrogen) atoms. The molecule has 0 radical (unpaired) electrons. The van der Waals surface area contributed by atoms with Crippen LogP contribution in [-0.2, 0) is 5.41 Å². The lowest BCUT2D eigenvalue weighted by Crippen LogP contribution is -2.24. The van der Waals surface area contributed by atoms with Gasteiger partial charge in [-0.25, -0.2) is 0 Å². The van der Waals surface area contributed by atoms with Crippen molar-refractivity contribution >= 4 is 6.29 Å². The van der Waals surface area contributed by atoms with Crippen molar-refractivity contribution in [3.63, 3.8) is 0 Å². The molecule has 0 spiro atoms. The Morgan fingerprint density at radius 3 is 2.00 bits per heavy atom. The predicted octanol–water partition coefficient (Wildman–Crippen LogP) is 5.20. The van der Waals surface area contributed by atoms with Gasteiger partial charge in [0.1, 0.15) is 5.75 Å². The van der Waals surface area contributed by atoms with Crippen molar-refractivity contribution in [1.82, 2.24) is 0 Å². The Bertz CT molecular complexity index is 558. The highest BCUT2D eigenvalue weighted by molar-refractivity contribution is 5.69. The first-order valence-electron chi connectivity index (χ1n) is 7.42. The van der Waals surface area contributed by atoms with Crippen molar-refractivity contribution < 1.29 is 14.3 Å². The van der Waals surface area contributed by atoms with Gasteiger partial charge in [-0.1, -0.05) is 46.8 Å². The maximum atomic E-state index is 9.77. The van der Waals surface area contributed by atoms with E-state index in [0.717, 1.165) is 6.42 Å². The lowest BCUT2D eigenvalue weighted by molar-refractivity contribution is 0.110. The average Bonchev–Trinajstić information content (AvgIpc) is 2.90. The summed E-state index contributed by atoms with van der Waals surface area (Å²) in [5, 5.41) is 9.25. The van der Waals surface area contributed by atoms with Gasteiger partial charge in [-0.15, -0.1) is 0 Å². The summed E-state index contributed by atoms with van der Waals surface area (Å²) in [5.41, 5.74) is 1.77. The quantitative estimate of drug-likeness (QED) is 0.793. The number of aromatic hydroxyl groups is 1. The van der Waals surface area contributed by atoms with E-state index in [1.807, 2.05) is 12.1 Å². The smallest absolute Gasteiger partial charge is 0.185 e. The number of carbonyl (C=O) groups is 1. The fourth-order valence-corrected chi connectivity index (χ4v) is 2.70. The Balaban J connectivity index is 0.000000287. The number of hydrogen-bond donors (Lipinski definition) is 1.